The minimum absolute atomic E-state index is 0.0541. The van der Waals surface area contributed by atoms with Gasteiger partial charge < -0.3 is 5.73 Å². The molecule has 1 unspecified atom stereocenters. The van der Waals surface area contributed by atoms with Crippen LogP contribution in [0.5, 0.6) is 0 Å². The third kappa shape index (κ3) is 1.46. The van der Waals surface area contributed by atoms with Crippen LogP contribution in [-0.4, -0.2) is 9.97 Å². The Hall–Kier alpha value is -1.48. The lowest BCUT2D eigenvalue weighted by molar-refractivity contribution is 0.779. The van der Waals surface area contributed by atoms with Crippen molar-refractivity contribution in [3.05, 3.63) is 35.8 Å². The van der Waals surface area contributed by atoms with E-state index in [2.05, 4.69) is 9.97 Å². The summed E-state index contributed by atoms with van der Waals surface area (Å²) in [4.78, 5) is 8.72. The van der Waals surface area contributed by atoms with Crippen LogP contribution in [0, 0.1) is 6.92 Å². The lowest BCUT2D eigenvalue weighted by atomic mass is 10.1. The van der Waals surface area contributed by atoms with Gasteiger partial charge >= 0.3 is 0 Å². The van der Waals surface area contributed by atoms with Crippen molar-refractivity contribution in [2.75, 3.05) is 0 Å². The Morgan fingerprint density at radius 1 is 1.21 bits per heavy atom. The van der Waals surface area contributed by atoms with Gasteiger partial charge in [-0.25, -0.2) is 9.97 Å². The molecular weight excluding hydrogens is 174 g/mol. The molecule has 2 N–H and O–H groups in total. The highest BCUT2D eigenvalue weighted by Crippen LogP contribution is 2.19. The molecular formula is C11H13N3. The quantitative estimate of drug-likeness (QED) is 0.742. The van der Waals surface area contributed by atoms with E-state index in [-0.39, 0.29) is 6.04 Å². The number of fused-ring (bicyclic) bond motifs is 1. The number of rotatable bonds is 1. The van der Waals surface area contributed by atoms with Gasteiger partial charge in [0.2, 0.25) is 0 Å². The van der Waals surface area contributed by atoms with Gasteiger partial charge in [-0.15, -0.1) is 0 Å². The van der Waals surface area contributed by atoms with Crippen LogP contribution in [0.1, 0.15) is 24.5 Å². The van der Waals surface area contributed by atoms with E-state index in [4.69, 9.17) is 5.73 Å². The molecule has 14 heavy (non-hydrogen) atoms. The lowest BCUT2D eigenvalue weighted by Crippen LogP contribution is -2.09. The standard InChI is InChI=1S/C11H13N3/c1-7(12)11-9-5-3-4-6-10(9)13-8(2)14-11/h3-7H,12H2,1-2H3. The predicted molar refractivity (Wildman–Crippen MR) is 56.9 cm³/mol. The molecule has 1 atom stereocenters. The van der Waals surface area contributed by atoms with E-state index in [1.54, 1.807) is 0 Å². The summed E-state index contributed by atoms with van der Waals surface area (Å²) < 4.78 is 0. The van der Waals surface area contributed by atoms with Crippen molar-refractivity contribution in [2.45, 2.75) is 19.9 Å². The van der Waals surface area contributed by atoms with Crippen LogP contribution >= 0.6 is 0 Å². The van der Waals surface area contributed by atoms with Crippen LogP contribution in [-0.2, 0) is 0 Å². The third-order valence-corrected chi connectivity index (χ3v) is 2.18. The Bertz CT molecular complexity index is 463. The molecule has 0 aliphatic heterocycles. The summed E-state index contributed by atoms with van der Waals surface area (Å²) >= 11 is 0. The maximum absolute atomic E-state index is 5.86. The molecule has 0 spiro atoms. The Morgan fingerprint density at radius 2 is 1.93 bits per heavy atom. The van der Waals surface area contributed by atoms with E-state index in [0.717, 1.165) is 22.4 Å². The lowest BCUT2D eigenvalue weighted by Gasteiger charge is -2.09. The number of aryl methyl sites for hydroxylation is 1. The van der Waals surface area contributed by atoms with Gasteiger partial charge in [0.05, 0.1) is 11.2 Å². The van der Waals surface area contributed by atoms with Gasteiger partial charge in [-0.1, -0.05) is 18.2 Å². The zero-order valence-corrected chi connectivity index (χ0v) is 8.36. The van der Waals surface area contributed by atoms with Gasteiger partial charge in [-0.3, -0.25) is 0 Å². The van der Waals surface area contributed by atoms with Crippen LogP contribution in [0.2, 0.25) is 0 Å². The van der Waals surface area contributed by atoms with Crippen LogP contribution in [0.25, 0.3) is 10.9 Å². The number of para-hydroxylation sites is 1. The van der Waals surface area contributed by atoms with Crippen molar-refractivity contribution in [3.63, 3.8) is 0 Å². The molecule has 1 aromatic heterocycles. The molecule has 0 aliphatic carbocycles. The van der Waals surface area contributed by atoms with E-state index in [1.165, 1.54) is 0 Å². The summed E-state index contributed by atoms with van der Waals surface area (Å²) in [5.74, 6) is 0.774. The minimum Gasteiger partial charge on any atom is -0.323 e. The predicted octanol–water partition coefficient (Wildman–Crippen LogP) is 1.96. The maximum Gasteiger partial charge on any atom is 0.126 e. The molecule has 0 radical (unpaired) electrons. The Labute approximate surface area is 83.0 Å². The molecule has 0 saturated heterocycles. The molecule has 0 fully saturated rings. The smallest absolute Gasteiger partial charge is 0.126 e. The fourth-order valence-electron chi connectivity index (χ4n) is 1.57. The van der Waals surface area contributed by atoms with Crippen LogP contribution in [0.3, 0.4) is 0 Å². The van der Waals surface area contributed by atoms with Gasteiger partial charge in [0, 0.05) is 11.4 Å². The molecule has 0 aliphatic rings. The molecule has 3 heteroatoms. The number of hydrogen-bond acceptors (Lipinski definition) is 3. The van der Waals surface area contributed by atoms with Crippen LogP contribution < -0.4 is 5.73 Å². The topological polar surface area (TPSA) is 51.8 Å². The van der Waals surface area contributed by atoms with E-state index in [0.29, 0.717) is 0 Å². The first-order valence-corrected chi connectivity index (χ1v) is 4.67. The summed E-state index contributed by atoms with van der Waals surface area (Å²) in [5.41, 5.74) is 7.75. The Morgan fingerprint density at radius 3 is 2.64 bits per heavy atom. The molecule has 2 aromatic rings. The van der Waals surface area contributed by atoms with Crippen molar-refractivity contribution < 1.29 is 0 Å². The van der Waals surface area contributed by atoms with Crippen molar-refractivity contribution >= 4 is 10.9 Å². The second-order valence-electron chi connectivity index (χ2n) is 3.46. The number of hydrogen-bond donors (Lipinski definition) is 1. The number of aromatic nitrogens is 2. The average molecular weight is 187 g/mol. The highest BCUT2D eigenvalue weighted by Gasteiger charge is 2.08. The second-order valence-corrected chi connectivity index (χ2v) is 3.46. The average Bonchev–Trinajstić information content (AvgIpc) is 2.16. The summed E-state index contributed by atoms with van der Waals surface area (Å²) in [6.07, 6.45) is 0. The molecule has 72 valence electrons. The summed E-state index contributed by atoms with van der Waals surface area (Å²) in [6.45, 7) is 3.83. The van der Waals surface area contributed by atoms with E-state index < -0.39 is 0 Å². The zero-order chi connectivity index (χ0) is 10.1. The first-order chi connectivity index (χ1) is 6.68. The molecule has 3 nitrogen and oxygen atoms in total. The number of nitrogens with zero attached hydrogens (tertiary/aromatic N) is 2. The monoisotopic (exact) mass is 187 g/mol. The minimum atomic E-state index is -0.0541. The molecule has 1 heterocycles. The van der Waals surface area contributed by atoms with Crippen molar-refractivity contribution in [1.29, 1.82) is 0 Å². The van der Waals surface area contributed by atoms with Crippen molar-refractivity contribution in [2.24, 2.45) is 5.73 Å². The van der Waals surface area contributed by atoms with Gasteiger partial charge in [-0.05, 0) is 19.9 Å². The summed E-state index contributed by atoms with van der Waals surface area (Å²) in [5, 5.41) is 1.05. The summed E-state index contributed by atoms with van der Waals surface area (Å²) in [6, 6.07) is 7.89. The molecule has 1 aromatic carbocycles. The van der Waals surface area contributed by atoms with Crippen molar-refractivity contribution in [3.8, 4) is 0 Å². The number of benzene rings is 1. The van der Waals surface area contributed by atoms with Crippen LogP contribution in [0.15, 0.2) is 24.3 Å². The highest BCUT2D eigenvalue weighted by molar-refractivity contribution is 5.81. The largest absolute Gasteiger partial charge is 0.323 e. The van der Waals surface area contributed by atoms with Crippen molar-refractivity contribution in [1.82, 2.24) is 9.97 Å². The normalized spacial score (nSPS) is 13.1. The van der Waals surface area contributed by atoms with Gasteiger partial charge in [0.15, 0.2) is 0 Å². The third-order valence-electron chi connectivity index (χ3n) is 2.18. The fourth-order valence-corrected chi connectivity index (χ4v) is 1.57. The first-order valence-electron chi connectivity index (χ1n) is 4.67. The fraction of sp³-hybridized carbons (Fsp3) is 0.273. The van der Waals surface area contributed by atoms with Crippen LogP contribution in [0.4, 0.5) is 0 Å². The maximum atomic E-state index is 5.86. The van der Waals surface area contributed by atoms with Gasteiger partial charge in [0.1, 0.15) is 5.82 Å². The first kappa shape index (κ1) is 9.09. The Kier molecular flexibility index (Phi) is 2.17. The SMILES string of the molecule is Cc1nc(C(C)N)c2ccccc2n1. The van der Waals surface area contributed by atoms with E-state index >= 15 is 0 Å². The number of nitrogens with two attached hydrogens (primary N) is 1. The molecule has 0 saturated carbocycles. The second kappa shape index (κ2) is 3.35. The molecule has 0 amide bonds. The van der Waals surface area contributed by atoms with Gasteiger partial charge in [-0.2, -0.15) is 0 Å². The Balaban J connectivity index is 2.80. The zero-order valence-electron chi connectivity index (χ0n) is 8.36. The molecule has 2 rings (SSSR count). The highest BCUT2D eigenvalue weighted by atomic mass is 14.9. The molecule has 0 bridgehead atoms. The summed E-state index contributed by atoms with van der Waals surface area (Å²) in [7, 11) is 0. The van der Waals surface area contributed by atoms with E-state index in [1.807, 2.05) is 38.1 Å². The van der Waals surface area contributed by atoms with Gasteiger partial charge in [0.25, 0.3) is 0 Å². The van der Waals surface area contributed by atoms with E-state index in [9.17, 15) is 0 Å².